The highest BCUT2D eigenvalue weighted by Gasteiger charge is 2.28. The average Bonchev–Trinajstić information content (AvgIpc) is 3.69. The van der Waals surface area contributed by atoms with Crippen molar-refractivity contribution in [1.82, 2.24) is 24.1 Å². The van der Waals surface area contributed by atoms with E-state index in [1.807, 2.05) is 34.2 Å². The second-order valence-electron chi connectivity index (χ2n) is 9.57. The summed E-state index contributed by atoms with van der Waals surface area (Å²) in [5, 5.41) is 27.7. The summed E-state index contributed by atoms with van der Waals surface area (Å²) < 4.78 is 18.1. The van der Waals surface area contributed by atoms with Crippen molar-refractivity contribution in [3.05, 3.63) is 67.2 Å². The number of halogens is 1. The zero-order chi connectivity index (χ0) is 25.5. The molecule has 3 N–H and O–H groups in total. The third-order valence-electron chi connectivity index (χ3n) is 7.19. The van der Waals surface area contributed by atoms with Crippen LogP contribution in [0.2, 0.25) is 0 Å². The molecular weight excluding hydrogens is 475 g/mol. The maximum atomic E-state index is 14.6. The molecule has 2 fully saturated rings. The first kappa shape index (κ1) is 23.3. The summed E-state index contributed by atoms with van der Waals surface area (Å²) in [6.07, 6.45) is 8.82. The number of aromatic nitrogens is 5. The van der Waals surface area contributed by atoms with Crippen LogP contribution in [0.1, 0.15) is 25.7 Å². The predicted octanol–water partition coefficient (Wildman–Crippen LogP) is 3.80. The third-order valence-corrected chi connectivity index (χ3v) is 7.19. The van der Waals surface area contributed by atoms with Crippen LogP contribution in [0.3, 0.4) is 0 Å². The van der Waals surface area contributed by atoms with Crippen molar-refractivity contribution in [1.29, 1.82) is 0 Å². The van der Waals surface area contributed by atoms with Gasteiger partial charge in [-0.2, -0.15) is 4.98 Å². The van der Waals surface area contributed by atoms with Crippen molar-refractivity contribution in [3.63, 3.8) is 0 Å². The molecule has 6 rings (SSSR count). The molecule has 0 aliphatic carbocycles. The molecule has 3 aromatic heterocycles. The Morgan fingerprint density at radius 1 is 1.14 bits per heavy atom. The second-order valence-corrected chi connectivity index (χ2v) is 9.57. The Labute approximate surface area is 213 Å². The highest BCUT2D eigenvalue weighted by Crippen LogP contribution is 2.31. The van der Waals surface area contributed by atoms with Crippen molar-refractivity contribution in [2.45, 2.75) is 37.8 Å². The second kappa shape index (κ2) is 9.40. The number of nitrogens with zero attached hydrogens (tertiary/aromatic N) is 7. The Morgan fingerprint density at radius 3 is 2.78 bits per heavy atom. The summed E-state index contributed by atoms with van der Waals surface area (Å²) >= 11 is 0. The fourth-order valence-electron chi connectivity index (χ4n) is 5.37. The van der Waals surface area contributed by atoms with E-state index in [1.54, 1.807) is 21.6 Å². The van der Waals surface area contributed by atoms with Gasteiger partial charge in [0.1, 0.15) is 29.2 Å². The maximum Gasteiger partial charge on any atom is 0.245 e. The molecule has 0 radical (unpaired) electrons. The molecule has 37 heavy (non-hydrogen) atoms. The van der Waals surface area contributed by atoms with E-state index in [2.05, 4.69) is 22.0 Å². The molecule has 0 spiro atoms. The van der Waals surface area contributed by atoms with Gasteiger partial charge in [-0.15, -0.1) is 5.10 Å². The first-order valence-corrected chi connectivity index (χ1v) is 12.5. The number of imidazole rings is 1. The lowest BCUT2D eigenvalue weighted by Crippen LogP contribution is -2.34. The first-order chi connectivity index (χ1) is 18.0. The fraction of sp³-hybridized carbons (Fsp3) is 0.346. The maximum absolute atomic E-state index is 14.6. The van der Waals surface area contributed by atoms with Gasteiger partial charge in [0, 0.05) is 25.0 Å². The number of hydrogen-bond acceptors (Lipinski definition) is 8. The Hall–Kier alpha value is -4.12. The molecule has 4 aromatic rings. The van der Waals surface area contributed by atoms with Crippen LogP contribution in [0.15, 0.2) is 61.4 Å². The van der Waals surface area contributed by atoms with Crippen LogP contribution < -0.4 is 15.1 Å². The summed E-state index contributed by atoms with van der Waals surface area (Å²) in [6.45, 7) is 5.25. The van der Waals surface area contributed by atoms with Crippen LogP contribution in [-0.2, 0) is 0 Å². The number of aliphatic hydroxyl groups is 2. The number of nitrogens with one attached hydrogen (secondary N) is 1. The highest BCUT2D eigenvalue weighted by molar-refractivity contribution is 5.73. The summed E-state index contributed by atoms with van der Waals surface area (Å²) in [5.41, 5.74) is 2.09. The molecule has 0 unspecified atom stereocenters. The van der Waals surface area contributed by atoms with E-state index in [0.29, 0.717) is 29.0 Å². The van der Waals surface area contributed by atoms with Gasteiger partial charge in [-0.3, -0.25) is 0 Å². The van der Waals surface area contributed by atoms with Crippen LogP contribution in [-0.4, -0.2) is 66.1 Å². The van der Waals surface area contributed by atoms with Crippen LogP contribution in [0.25, 0.3) is 11.2 Å². The van der Waals surface area contributed by atoms with Gasteiger partial charge in [-0.05, 0) is 56.0 Å². The molecule has 2 atom stereocenters. The van der Waals surface area contributed by atoms with Crippen molar-refractivity contribution in [2.24, 2.45) is 0 Å². The lowest BCUT2D eigenvalue weighted by molar-refractivity contribution is 0.265. The SMILES string of the molecule is C=C(O)[C@@H]1CCCN1c1cc(F)cc(-n2cnc(Nc3nc(N4CCC[C@H]4CO)nn4cccc34)c2)c1. The van der Waals surface area contributed by atoms with E-state index in [9.17, 15) is 14.6 Å². The lowest BCUT2D eigenvalue weighted by Gasteiger charge is -2.26. The van der Waals surface area contributed by atoms with Gasteiger partial charge < -0.3 is 29.9 Å². The molecule has 0 bridgehead atoms. The minimum absolute atomic E-state index is 0.000417. The molecule has 2 aliphatic rings. The normalized spacial score (nSPS) is 19.7. The van der Waals surface area contributed by atoms with Crippen molar-refractivity contribution < 1.29 is 14.6 Å². The number of anilines is 4. The largest absolute Gasteiger partial charge is 0.511 e. The molecule has 0 amide bonds. The molecule has 2 saturated heterocycles. The topological polar surface area (TPSA) is 107 Å². The van der Waals surface area contributed by atoms with E-state index < -0.39 is 0 Å². The van der Waals surface area contributed by atoms with E-state index in [4.69, 9.17) is 4.98 Å². The van der Waals surface area contributed by atoms with Gasteiger partial charge in [0.2, 0.25) is 5.95 Å². The Bertz CT molecular complexity index is 1450. The monoisotopic (exact) mass is 504 g/mol. The summed E-state index contributed by atoms with van der Waals surface area (Å²) in [6, 6.07) is 8.40. The number of fused-ring (bicyclic) bond motifs is 1. The van der Waals surface area contributed by atoms with E-state index in [-0.39, 0.29) is 30.3 Å². The molecule has 10 nitrogen and oxygen atoms in total. The lowest BCUT2D eigenvalue weighted by atomic mass is 10.1. The molecule has 192 valence electrons. The van der Waals surface area contributed by atoms with Crippen LogP contribution in [0.5, 0.6) is 0 Å². The fourth-order valence-corrected chi connectivity index (χ4v) is 5.37. The number of aliphatic hydroxyl groups excluding tert-OH is 2. The van der Waals surface area contributed by atoms with E-state index in [1.165, 1.54) is 12.1 Å². The Balaban J connectivity index is 1.29. The molecular formula is C26H29FN8O2. The molecule has 11 heteroatoms. The molecule has 5 heterocycles. The third kappa shape index (κ3) is 4.35. The van der Waals surface area contributed by atoms with Gasteiger partial charge in [0.25, 0.3) is 0 Å². The zero-order valence-corrected chi connectivity index (χ0v) is 20.3. The smallest absolute Gasteiger partial charge is 0.245 e. The zero-order valence-electron chi connectivity index (χ0n) is 20.3. The molecule has 1 aromatic carbocycles. The van der Waals surface area contributed by atoms with Gasteiger partial charge >= 0.3 is 0 Å². The van der Waals surface area contributed by atoms with Crippen molar-refractivity contribution in [2.75, 3.05) is 34.8 Å². The first-order valence-electron chi connectivity index (χ1n) is 12.5. The van der Waals surface area contributed by atoms with Gasteiger partial charge in [0.05, 0.1) is 30.6 Å². The van der Waals surface area contributed by atoms with Crippen molar-refractivity contribution >= 4 is 28.8 Å². The van der Waals surface area contributed by atoms with Crippen LogP contribution in [0, 0.1) is 5.82 Å². The van der Waals surface area contributed by atoms with E-state index in [0.717, 1.165) is 44.3 Å². The summed E-state index contributed by atoms with van der Waals surface area (Å²) in [5.74, 6) is 1.40. The summed E-state index contributed by atoms with van der Waals surface area (Å²) in [7, 11) is 0. The number of hydrogen-bond donors (Lipinski definition) is 3. The van der Waals surface area contributed by atoms with Crippen LogP contribution >= 0.6 is 0 Å². The highest BCUT2D eigenvalue weighted by atomic mass is 19.1. The minimum atomic E-state index is -0.371. The molecule has 0 saturated carbocycles. The van der Waals surface area contributed by atoms with Gasteiger partial charge in [-0.25, -0.2) is 13.9 Å². The average molecular weight is 505 g/mol. The standard InChI is InChI=1S/C26H29FN8O2/c1-17(37)22-6-3-8-33(22)21-12-18(27)11-20(13-21)32-14-24(28-16-32)29-25-23-7-4-10-35(23)31-26(30-25)34-9-2-5-19(34)15-36/h4,7,10-14,16,19,22,36-37H,1-3,5-6,8-9,15H2,(H,29,30,31)/t19-,22-/m0/s1. The molecule has 2 aliphatic heterocycles. The van der Waals surface area contributed by atoms with E-state index >= 15 is 0 Å². The summed E-state index contributed by atoms with van der Waals surface area (Å²) in [4.78, 5) is 13.2. The quantitative estimate of drug-likeness (QED) is 0.326. The Kier molecular flexibility index (Phi) is 5.91. The minimum Gasteiger partial charge on any atom is -0.511 e. The number of rotatable bonds is 7. The van der Waals surface area contributed by atoms with Crippen molar-refractivity contribution in [3.8, 4) is 5.69 Å². The predicted molar refractivity (Wildman–Crippen MR) is 139 cm³/mol. The number of benzene rings is 1. The van der Waals surface area contributed by atoms with Crippen LogP contribution in [0.4, 0.5) is 27.7 Å². The van der Waals surface area contributed by atoms with Gasteiger partial charge in [0.15, 0.2) is 5.82 Å². The Morgan fingerprint density at radius 2 is 1.95 bits per heavy atom. The van der Waals surface area contributed by atoms with Gasteiger partial charge in [-0.1, -0.05) is 6.58 Å².